The number of rotatable bonds is 4. The molecule has 1 aliphatic heterocycles. The van der Waals surface area contributed by atoms with E-state index in [1.807, 2.05) is 6.07 Å². The smallest absolute Gasteiger partial charge is 0.266 e. The van der Waals surface area contributed by atoms with Crippen molar-refractivity contribution in [2.45, 2.75) is 58.9 Å². The summed E-state index contributed by atoms with van der Waals surface area (Å²) < 4.78 is 1.61. The third-order valence-electron chi connectivity index (χ3n) is 6.35. The van der Waals surface area contributed by atoms with Crippen molar-refractivity contribution in [2.75, 3.05) is 37.6 Å². The molecule has 2 aromatic rings. The maximum Gasteiger partial charge on any atom is 0.266 e. The fraction of sp³-hybridized carbons (Fsp3) is 0.652. The highest BCUT2D eigenvalue weighted by Gasteiger charge is 2.22. The molecule has 0 bridgehead atoms. The van der Waals surface area contributed by atoms with Crippen LogP contribution in [0, 0.1) is 5.92 Å². The number of piperazine rings is 1. The van der Waals surface area contributed by atoms with Crippen LogP contribution in [-0.4, -0.2) is 57.6 Å². The van der Waals surface area contributed by atoms with Gasteiger partial charge in [0.15, 0.2) is 5.82 Å². The van der Waals surface area contributed by atoms with Gasteiger partial charge in [0, 0.05) is 44.2 Å². The lowest BCUT2D eigenvalue weighted by atomic mass is 9.88. The second-order valence-corrected chi connectivity index (χ2v) is 9.88. The summed E-state index contributed by atoms with van der Waals surface area (Å²) in [6, 6.07) is 5.74. The Bertz CT molecular complexity index is 939. The van der Waals surface area contributed by atoms with Crippen molar-refractivity contribution in [3.63, 3.8) is 0 Å². The Kier molecular flexibility index (Phi) is 5.91. The van der Waals surface area contributed by atoms with Crippen molar-refractivity contribution in [3.8, 4) is 0 Å². The molecule has 1 unspecified atom stereocenters. The first-order valence-corrected chi connectivity index (χ1v) is 11.2. The monoisotopic (exact) mass is 410 g/mol. The summed E-state index contributed by atoms with van der Waals surface area (Å²) in [5.41, 5.74) is 3.43. The molecule has 1 fully saturated rings. The Morgan fingerprint density at radius 3 is 2.57 bits per heavy atom. The Morgan fingerprint density at radius 2 is 1.83 bits per heavy atom. The standard InChI is InChI=1S/C23H34N6O/c1-17-5-6-19-18(15-17)16-21(25-24-19)28-12-9-27(10-13-28)11-14-29-22(30)8-7-20(26-29)23(2,3)4/h7-8,16-17H,5-6,9-15H2,1-4H3. The Balaban J connectivity index is 1.34. The number of fused-ring (bicyclic) bond motifs is 1. The Morgan fingerprint density at radius 1 is 1.07 bits per heavy atom. The van der Waals surface area contributed by atoms with Gasteiger partial charge in [-0.15, -0.1) is 5.10 Å². The van der Waals surface area contributed by atoms with Gasteiger partial charge < -0.3 is 4.90 Å². The molecule has 1 saturated heterocycles. The lowest BCUT2D eigenvalue weighted by Crippen LogP contribution is -2.48. The van der Waals surface area contributed by atoms with Crippen LogP contribution in [0.2, 0.25) is 0 Å². The van der Waals surface area contributed by atoms with E-state index in [9.17, 15) is 4.79 Å². The van der Waals surface area contributed by atoms with Crippen molar-refractivity contribution < 1.29 is 0 Å². The maximum absolute atomic E-state index is 12.2. The fourth-order valence-corrected chi connectivity index (χ4v) is 4.29. The molecule has 3 heterocycles. The van der Waals surface area contributed by atoms with Crippen LogP contribution in [0.15, 0.2) is 23.0 Å². The first kappa shape index (κ1) is 21.0. The summed E-state index contributed by atoms with van der Waals surface area (Å²) in [6.07, 6.45) is 3.39. The first-order valence-electron chi connectivity index (χ1n) is 11.2. The summed E-state index contributed by atoms with van der Waals surface area (Å²) >= 11 is 0. The molecule has 0 N–H and O–H groups in total. The summed E-state index contributed by atoms with van der Waals surface area (Å²) in [4.78, 5) is 17.0. The quantitative estimate of drug-likeness (QED) is 0.770. The van der Waals surface area contributed by atoms with Crippen molar-refractivity contribution in [1.29, 1.82) is 0 Å². The van der Waals surface area contributed by atoms with Gasteiger partial charge in [-0.05, 0) is 42.9 Å². The van der Waals surface area contributed by atoms with Crippen LogP contribution in [-0.2, 0) is 24.8 Å². The zero-order valence-corrected chi connectivity index (χ0v) is 18.8. The molecule has 30 heavy (non-hydrogen) atoms. The molecule has 0 aromatic carbocycles. The van der Waals surface area contributed by atoms with E-state index in [2.05, 4.69) is 58.9 Å². The number of aromatic nitrogens is 4. The average molecular weight is 411 g/mol. The van der Waals surface area contributed by atoms with Gasteiger partial charge in [0.25, 0.3) is 5.56 Å². The van der Waals surface area contributed by atoms with Crippen LogP contribution in [0.5, 0.6) is 0 Å². The van der Waals surface area contributed by atoms with Gasteiger partial charge in [-0.2, -0.15) is 10.2 Å². The first-order chi connectivity index (χ1) is 14.3. The van der Waals surface area contributed by atoms with E-state index in [0.717, 1.165) is 63.0 Å². The second-order valence-electron chi connectivity index (χ2n) is 9.88. The van der Waals surface area contributed by atoms with E-state index in [4.69, 9.17) is 0 Å². The summed E-state index contributed by atoms with van der Waals surface area (Å²) in [5, 5.41) is 13.6. The topological polar surface area (TPSA) is 67.2 Å². The molecule has 2 aliphatic rings. The maximum atomic E-state index is 12.2. The molecule has 162 valence electrons. The minimum Gasteiger partial charge on any atom is -0.353 e. The van der Waals surface area contributed by atoms with Crippen LogP contribution in [0.4, 0.5) is 5.82 Å². The molecule has 0 radical (unpaired) electrons. The third kappa shape index (κ3) is 4.72. The molecule has 1 atom stereocenters. The van der Waals surface area contributed by atoms with Crippen molar-refractivity contribution in [3.05, 3.63) is 45.5 Å². The highest BCUT2D eigenvalue weighted by molar-refractivity contribution is 5.42. The number of hydrogen-bond donors (Lipinski definition) is 0. The molecular formula is C23H34N6O. The summed E-state index contributed by atoms with van der Waals surface area (Å²) in [7, 11) is 0. The van der Waals surface area contributed by atoms with Gasteiger partial charge in [0.2, 0.25) is 0 Å². The van der Waals surface area contributed by atoms with Gasteiger partial charge in [-0.25, -0.2) is 4.68 Å². The van der Waals surface area contributed by atoms with E-state index >= 15 is 0 Å². The highest BCUT2D eigenvalue weighted by atomic mass is 16.1. The molecule has 1 aliphatic carbocycles. The minimum atomic E-state index is -0.0607. The predicted molar refractivity (Wildman–Crippen MR) is 119 cm³/mol. The number of hydrogen-bond acceptors (Lipinski definition) is 6. The molecule has 0 amide bonds. The zero-order chi connectivity index (χ0) is 21.3. The summed E-state index contributed by atoms with van der Waals surface area (Å²) in [5.74, 6) is 1.75. The van der Waals surface area contributed by atoms with E-state index in [0.29, 0.717) is 6.54 Å². The molecule has 7 heteroatoms. The van der Waals surface area contributed by atoms with Crippen molar-refractivity contribution in [1.82, 2.24) is 24.9 Å². The summed E-state index contributed by atoms with van der Waals surface area (Å²) in [6.45, 7) is 13.9. The van der Waals surface area contributed by atoms with Crippen LogP contribution >= 0.6 is 0 Å². The normalized spacial score (nSPS) is 20.3. The second kappa shape index (κ2) is 8.46. The third-order valence-corrected chi connectivity index (χ3v) is 6.35. The van der Waals surface area contributed by atoms with Gasteiger partial charge in [0.1, 0.15) is 0 Å². The SMILES string of the molecule is CC1CCc2nnc(N3CCN(CCn4nc(C(C)(C)C)ccc4=O)CC3)cc2C1. The van der Waals surface area contributed by atoms with E-state index in [1.54, 1.807) is 10.7 Å². The molecule has 2 aromatic heterocycles. The zero-order valence-electron chi connectivity index (χ0n) is 18.8. The average Bonchev–Trinajstić information content (AvgIpc) is 2.72. The van der Waals surface area contributed by atoms with Crippen molar-refractivity contribution in [2.24, 2.45) is 5.92 Å². The van der Waals surface area contributed by atoms with Gasteiger partial charge in [-0.1, -0.05) is 27.7 Å². The van der Waals surface area contributed by atoms with Crippen LogP contribution < -0.4 is 10.5 Å². The van der Waals surface area contributed by atoms with Crippen molar-refractivity contribution >= 4 is 5.82 Å². The number of anilines is 1. The minimum absolute atomic E-state index is 0.0276. The molecule has 0 spiro atoms. The lowest BCUT2D eigenvalue weighted by molar-refractivity contribution is 0.241. The van der Waals surface area contributed by atoms with E-state index in [1.165, 1.54) is 17.7 Å². The van der Waals surface area contributed by atoms with Gasteiger partial charge in [-0.3, -0.25) is 9.69 Å². The van der Waals surface area contributed by atoms with E-state index in [-0.39, 0.29) is 11.0 Å². The number of nitrogens with zero attached hydrogens (tertiary/aromatic N) is 6. The van der Waals surface area contributed by atoms with Gasteiger partial charge >= 0.3 is 0 Å². The molecule has 0 saturated carbocycles. The molecule has 4 rings (SSSR count). The van der Waals surface area contributed by atoms with Crippen LogP contribution in [0.3, 0.4) is 0 Å². The van der Waals surface area contributed by atoms with Crippen LogP contribution in [0.25, 0.3) is 0 Å². The highest BCUT2D eigenvalue weighted by Crippen LogP contribution is 2.26. The number of aryl methyl sites for hydroxylation is 1. The lowest BCUT2D eigenvalue weighted by Gasteiger charge is -2.35. The predicted octanol–water partition coefficient (Wildman–Crippen LogP) is 2.28. The van der Waals surface area contributed by atoms with E-state index < -0.39 is 0 Å². The van der Waals surface area contributed by atoms with Crippen LogP contribution in [0.1, 0.15) is 51.1 Å². The molecular weight excluding hydrogens is 376 g/mol. The van der Waals surface area contributed by atoms with Gasteiger partial charge in [0.05, 0.1) is 17.9 Å². The largest absolute Gasteiger partial charge is 0.353 e. The Labute approximate surface area is 179 Å². The fourth-order valence-electron chi connectivity index (χ4n) is 4.29. The Hall–Kier alpha value is -2.28. The molecule has 7 nitrogen and oxygen atoms in total.